The summed E-state index contributed by atoms with van der Waals surface area (Å²) in [6, 6.07) is 1.21. The molecule has 2 aliphatic heterocycles. The molecule has 27 heavy (non-hydrogen) atoms. The van der Waals surface area contributed by atoms with E-state index in [0.29, 0.717) is 6.29 Å². The summed E-state index contributed by atoms with van der Waals surface area (Å²) >= 11 is 0. The lowest BCUT2D eigenvalue weighted by Gasteiger charge is -2.16. The minimum absolute atomic E-state index is 0. The van der Waals surface area contributed by atoms with Gasteiger partial charge in [-0.2, -0.15) is 0 Å². The zero-order chi connectivity index (χ0) is 19.6. The van der Waals surface area contributed by atoms with Crippen LogP contribution in [0, 0.1) is 13.8 Å². The summed E-state index contributed by atoms with van der Waals surface area (Å²) in [6.07, 6.45) is -1.47. The van der Waals surface area contributed by atoms with Crippen LogP contribution in [0.25, 0.3) is 0 Å². The summed E-state index contributed by atoms with van der Waals surface area (Å²) in [7, 11) is 0. The van der Waals surface area contributed by atoms with E-state index in [1.54, 1.807) is 0 Å². The number of ether oxygens (including phenoxy) is 3. The molecule has 9 heteroatoms. The first-order valence-electron chi connectivity index (χ1n) is 7.76. The molecule has 0 bridgehead atoms. The minimum atomic E-state index is -1.77. The van der Waals surface area contributed by atoms with Crippen LogP contribution in [0.4, 0.5) is 0 Å². The summed E-state index contributed by atoms with van der Waals surface area (Å²) in [5.41, 5.74) is -0.708. The number of hydrogen-bond donors (Lipinski definition) is 3. The highest BCUT2D eigenvalue weighted by molar-refractivity contribution is 6.03. The number of hydrogen-bond acceptors (Lipinski definition) is 9. The predicted molar refractivity (Wildman–Crippen MR) is 92.8 cm³/mol. The lowest BCUT2D eigenvalue weighted by atomic mass is 10.0. The van der Waals surface area contributed by atoms with E-state index in [4.69, 9.17) is 14.2 Å². The van der Waals surface area contributed by atoms with E-state index in [2.05, 4.69) is 0 Å². The third-order valence-electron chi connectivity index (χ3n) is 4.54. The van der Waals surface area contributed by atoms with Gasteiger partial charge >= 0.3 is 11.9 Å². The average molecular weight is 378 g/mol. The number of aryl methyl sites for hydroxylation is 1. The Balaban J connectivity index is 0.00000150. The standard InChI is InChI=1S/C18H12O9.3H2/c1-5-3-8(20)7(4-19)14-9(5)16(22)26-13-6(2)12(21)10-11(15(13)25-14)18(24)27-17(10)23;;;/h3-4,18,20-21,24H,1-2H3;3*1H. The third kappa shape index (κ3) is 2.12. The number of aromatic hydroxyl groups is 2. The van der Waals surface area contributed by atoms with E-state index in [9.17, 15) is 29.7 Å². The molecule has 2 aliphatic rings. The van der Waals surface area contributed by atoms with E-state index in [1.807, 2.05) is 0 Å². The maximum atomic E-state index is 12.6. The number of phenolic OH excluding ortho intramolecular Hbond substituents is 2. The molecule has 1 unspecified atom stereocenters. The number of fused-ring (bicyclic) bond motifs is 4. The maximum Gasteiger partial charge on any atom is 0.347 e. The average Bonchev–Trinajstić information content (AvgIpc) is 2.79. The summed E-state index contributed by atoms with van der Waals surface area (Å²) < 4.78 is 15.7. The van der Waals surface area contributed by atoms with Gasteiger partial charge in [0.2, 0.25) is 6.29 Å². The molecule has 4 rings (SSSR count). The first-order chi connectivity index (χ1) is 12.8. The van der Waals surface area contributed by atoms with Gasteiger partial charge in [0.15, 0.2) is 23.5 Å². The zero-order valence-electron chi connectivity index (χ0n) is 14.0. The second kappa shape index (κ2) is 5.45. The van der Waals surface area contributed by atoms with Crippen LogP contribution in [0.5, 0.6) is 28.7 Å². The van der Waals surface area contributed by atoms with Crippen LogP contribution in [0.2, 0.25) is 0 Å². The fourth-order valence-corrected chi connectivity index (χ4v) is 3.22. The Bertz CT molecular complexity index is 1080. The first-order valence-corrected chi connectivity index (χ1v) is 7.76. The van der Waals surface area contributed by atoms with Crippen molar-refractivity contribution in [3.05, 3.63) is 39.4 Å². The molecule has 144 valence electrons. The molecule has 2 aromatic rings. The quantitative estimate of drug-likeness (QED) is 0.388. The molecule has 1 atom stereocenters. The van der Waals surface area contributed by atoms with Crippen LogP contribution < -0.4 is 9.47 Å². The molecule has 2 heterocycles. The van der Waals surface area contributed by atoms with Crippen LogP contribution in [0.3, 0.4) is 0 Å². The fourth-order valence-electron chi connectivity index (χ4n) is 3.22. The molecule has 0 saturated carbocycles. The lowest BCUT2D eigenvalue weighted by molar-refractivity contribution is -0.0555. The van der Waals surface area contributed by atoms with Gasteiger partial charge in [-0.25, -0.2) is 9.59 Å². The molecule has 9 nitrogen and oxygen atoms in total. The van der Waals surface area contributed by atoms with Crippen molar-refractivity contribution in [2.24, 2.45) is 0 Å². The number of aldehydes is 1. The van der Waals surface area contributed by atoms with Crippen LogP contribution in [-0.2, 0) is 4.74 Å². The number of cyclic esters (lactones) is 1. The van der Waals surface area contributed by atoms with Crippen molar-refractivity contribution >= 4 is 18.2 Å². The number of esters is 2. The van der Waals surface area contributed by atoms with E-state index in [1.165, 1.54) is 19.9 Å². The molecule has 0 aliphatic carbocycles. The summed E-state index contributed by atoms with van der Waals surface area (Å²) in [5.74, 6) is -3.61. The molecule has 0 fully saturated rings. The van der Waals surface area contributed by atoms with Crippen LogP contribution in [0.15, 0.2) is 6.07 Å². The van der Waals surface area contributed by atoms with Gasteiger partial charge in [0, 0.05) is 9.84 Å². The first kappa shape index (κ1) is 16.9. The number of aliphatic hydroxyl groups is 1. The highest BCUT2D eigenvalue weighted by Crippen LogP contribution is 2.53. The number of phenols is 2. The van der Waals surface area contributed by atoms with E-state index in [0.717, 1.165) is 0 Å². The van der Waals surface area contributed by atoms with Gasteiger partial charge in [-0.05, 0) is 25.5 Å². The third-order valence-corrected chi connectivity index (χ3v) is 4.54. The Labute approximate surface area is 155 Å². The predicted octanol–water partition coefficient (Wildman–Crippen LogP) is 2.75. The van der Waals surface area contributed by atoms with Gasteiger partial charge in [0.25, 0.3) is 0 Å². The van der Waals surface area contributed by atoms with Crippen molar-refractivity contribution < 1.29 is 48.2 Å². The second-order valence-corrected chi connectivity index (χ2v) is 6.12. The molecule has 0 saturated heterocycles. The molecular weight excluding hydrogens is 360 g/mol. The monoisotopic (exact) mass is 378 g/mol. The van der Waals surface area contributed by atoms with E-state index >= 15 is 0 Å². The minimum Gasteiger partial charge on any atom is -0.507 e. The van der Waals surface area contributed by atoms with Crippen LogP contribution in [0.1, 0.15) is 58.3 Å². The molecule has 0 amide bonds. The fraction of sp³-hybridized carbons (Fsp3) is 0.167. The normalized spacial score (nSPS) is 17.1. The van der Waals surface area contributed by atoms with Gasteiger partial charge < -0.3 is 29.5 Å². The van der Waals surface area contributed by atoms with Gasteiger partial charge in [0.1, 0.15) is 22.6 Å². The number of aliphatic hydroxyl groups excluding tert-OH is 1. The van der Waals surface area contributed by atoms with Crippen molar-refractivity contribution in [3.8, 4) is 28.7 Å². The maximum absolute atomic E-state index is 12.6. The summed E-state index contributed by atoms with van der Waals surface area (Å²) in [5, 5.41) is 30.4. The summed E-state index contributed by atoms with van der Waals surface area (Å²) in [6.45, 7) is 2.88. The SMILES string of the molecule is Cc1cc(O)c(C=O)c2c1C(=O)Oc1c(C)c(O)c3c(c1O2)C(O)OC3=O.[HH].[HH].[HH]. The number of rotatable bonds is 1. The second-order valence-electron chi connectivity index (χ2n) is 6.12. The van der Waals surface area contributed by atoms with Crippen molar-refractivity contribution in [2.45, 2.75) is 20.1 Å². The molecule has 0 radical (unpaired) electrons. The van der Waals surface area contributed by atoms with E-state index in [-0.39, 0.29) is 54.9 Å². The Kier molecular flexibility index (Phi) is 3.40. The molecule has 2 aromatic carbocycles. The molecule has 0 spiro atoms. The van der Waals surface area contributed by atoms with Crippen molar-refractivity contribution in [3.63, 3.8) is 0 Å². The smallest absolute Gasteiger partial charge is 0.347 e. The number of carbonyl (C=O) groups is 3. The Hall–Kier alpha value is -3.59. The van der Waals surface area contributed by atoms with E-state index < -0.39 is 29.7 Å². The summed E-state index contributed by atoms with van der Waals surface area (Å²) in [4.78, 5) is 36.0. The Morgan fingerprint density at radius 1 is 1.04 bits per heavy atom. The van der Waals surface area contributed by atoms with Crippen molar-refractivity contribution in [1.29, 1.82) is 0 Å². The Morgan fingerprint density at radius 2 is 1.74 bits per heavy atom. The number of benzene rings is 2. The van der Waals surface area contributed by atoms with Gasteiger partial charge in [-0.3, -0.25) is 4.79 Å². The van der Waals surface area contributed by atoms with Crippen molar-refractivity contribution in [1.82, 2.24) is 0 Å². The zero-order valence-corrected chi connectivity index (χ0v) is 14.0. The molecule has 0 aromatic heterocycles. The molecule has 3 N–H and O–H groups in total. The molecular formula is C18H18O9. The van der Waals surface area contributed by atoms with Crippen LogP contribution >= 0.6 is 0 Å². The highest BCUT2D eigenvalue weighted by atomic mass is 16.6. The van der Waals surface area contributed by atoms with Crippen molar-refractivity contribution in [2.75, 3.05) is 0 Å². The number of carbonyl (C=O) groups excluding carboxylic acids is 3. The Morgan fingerprint density at radius 3 is 2.41 bits per heavy atom. The van der Waals surface area contributed by atoms with Gasteiger partial charge in [-0.1, -0.05) is 0 Å². The van der Waals surface area contributed by atoms with Crippen LogP contribution in [-0.4, -0.2) is 33.5 Å². The largest absolute Gasteiger partial charge is 0.507 e. The highest BCUT2D eigenvalue weighted by Gasteiger charge is 2.42. The van der Waals surface area contributed by atoms with Gasteiger partial charge in [-0.15, -0.1) is 0 Å². The topological polar surface area (TPSA) is 140 Å². The lowest BCUT2D eigenvalue weighted by Crippen LogP contribution is -2.11. The van der Waals surface area contributed by atoms with Gasteiger partial charge in [0.05, 0.1) is 11.1 Å².